The summed E-state index contributed by atoms with van der Waals surface area (Å²) < 4.78 is 13.3. The Morgan fingerprint density at radius 1 is 1.46 bits per heavy atom. The predicted molar refractivity (Wildman–Crippen MR) is 53.3 cm³/mol. The number of halogens is 1. The van der Waals surface area contributed by atoms with Crippen molar-refractivity contribution in [1.29, 1.82) is 0 Å². The maximum atomic E-state index is 13.3. The number of nitrogens with two attached hydrogens (primary N) is 1. The van der Waals surface area contributed by atoms with Crippen LogP contribution in [0.15, 0.2) is 18.2 Å². The van der Waals surface area contributed by atoms with E-state index in [1.54, 1.807) is 6.07 Å². The zero-order valence-corrected chi connectivity index (χ0v) is 7.81. The van der Waals surface area contributed by atoms with Gasteiger partial charge < -0.3 is 11.1 Å². The van der Waals surface area contributed by atoms with Crippen LogP contribution in [0.3, 0.4) is 0 Å². The van der Waals surface area contributed by atoms with E-state index in [9.17, 15) is 4.39 Å². The first kappa shape index (κ1) is 9.99. The van der Waals surface area contributed by atoms with Crippen LogP contribution in [0.2, 0.25) is 0 Å². The van der Waals surface area contributed by atoms with Gasteiger partial charge in [-0.15, -0.1) is 0 Å². The highest BCUT2D eigenvalue weighted by molar-refractivity contribution is 5.51. The van der Waals surface area contributed by atoms with Crippen LogP contribution >= 0.6 is 0 Å². The van der Waals surface area contributed by atoms with Gasteiger partial charge in [-0.05, 0) is 32.0 Å². The molecule has 0 aliphatic rings. The molecule has 0 aromatic heterocycles. The summed E-state index contributed by atoms with van der Waals surface area (Å²) in [6.45, 7) is 3.25. The van der Waals surface area contributed by atoms with Gasteiger partial charge in [0.1, 0.15) is 5.82 Å². The number of benzene rings is 1. The molecule has 0 unspecified atom stereocenters. The van der Waals surface area contributed by atoms with Gasteiger partial charge in [-0.3, -0.25) is 0 Å². The van der Waals surface area contributed by atoms with E-state index in [-0.39, 0.29) is 5.82 Å². The van der Waals surface area contributed by atoms with Crippen LogP contribution in [-0.2, 0) is 6.42 Å². The minimum atomic E-state index is -0.177. The molecule has 0 aliphatic carbocycles. The molecule has 72 valence electrons. The zero-order chi connectivity index (χ0) is 9.68. The molecule has 0 bridgehead atoms. The lowest BCUT2D eigenvalue weighted by Gasteiger charge is -2.10. The molecule has 1 aromatic rings. The monoisotopic (exact) mass is 182 g/mol. The average Bonchev–Trinajstić information content (AvgIpc) is 2.11. The number of rotatable bonds is 4. The lowest BCUT2D eigenvalue weighted by molar-refractivity contribution is 0.610. The molecule has 0 atom stereocenters. The maximum Gasteiger partial charge on any atom is 0.128 e. The number of hydrogen-bond donors (Lipinski definition) is 2. The second-order valence-corrected chi connectivity index (χ2v) is 2.83. The predicted octanol–water partition coefficient (Wildman–Crippen LogP) is 1.76. The van der Waals surface area contributed by atoms with Crippen molar-refractivity contribution in [1.82, 2.24) is 0 Å². The van der Waals surface area contributed by atoms with E-state index in [4.69, 9.17) is 5.73 Å². The van der Waals surface area contributed by atoms with Gasteiger partial charge in [-0.25, -0.2) is 4.39 Å². The summed E-state index contributed by atoms with van der Waals surface area (Å²) in [5.41, 5.74) is 6.94. The van der Waals surface area contributed by atoms with Gasteiger partial charge in [0.05, 0.1) is 0 Å². The average molecular weight is 182 g/mol. The lowest BCUT2D eigenvalue weighted by atomic mass is 10.1. The minimum Gasteiger partial charge on any atom is -0.385 e. The largest absolute Gasteiger partial charge is 0.385 e. The van der Waals surface area contributed by atoms with Gasteiger partial charge in [0, 0.05) is 17.8 Å². The fourth-order valence-electron chi connectivity index (χ4n) is 1.31. The molecule has 0 saturated heterocycles. The van der Waals surface area contributed by atoms with Crippen LogP contribution in [0.5, 0.6) is 0 Å². The molecular formula is C10H15FN2. The first-order chi connectivity index (χ1) is 6.29. The van der Waals surface area contributed by atoms with Crippen molar-refractivity contribution in [3.8, 4) is 0 Å². The van der Waals surface area contributed by atoms with Crippen LogP contribution in [0, 0.1) is 5.82 Å². The van der Waals surface area contributed by atoms with Gasteiger partial charge >= 0.3 is 0 Å². The van der Waals surface area contributed by atoms with Gasteiger partial charge in [0.2, 0.25) is 0 Å². The molecule has 3 N–H and O–H groups in total. The third kappa shape index (κ3) is 2.42. The maximum absolute atomic E-state index is 13.3. The molecule has 1 aromatic carbocycles. The molecule has 0 aliphatic heterocycles. The molecule has 0 fully saturated rings. The molecule has 13 heavy (non-hydrogen) atoms. The molecule has 3 heteroatoms. The van der Waals surface area contributed by atoms with E-state index < -0.39 is 0 Å². The Morgan fingerprint density at radius 3 is 2.85 bits per heavy atom. The number of hydrogen-bond acceptors (Lipinski definition) is 2. The fourth-order valence-corrected chi connectivity index (χ4v) is 1.31. The van der Waals surface area contributed by atoms with Gasteiger partial charge in [0.15, 0.2) is 0 Å². The summed E-state index contributed by atoms with van der Waals surface area (Å²) in [6, 6.07) is 5.04. The second-order valence-electron chi connectivity index (χ2n) is 2.83. The van der Waals surface area contributed by atoms with Crippen molar-refractivity contribution in [3.63, 3.8) is 0 Å². The van der Waals surface area contributed by atoms with E-state index in [0.29, 0.717) is 18.5 Å². The fraction of sp³-hybridized carbons (Fsp3) is 0.400. The van der Waals surface area contributed by atoms with Crippen molar-refractivity contribution >= 4 is 5.69 Å². The zero-order valence-electron chi connectivity index (χ0n) is 7.81. The van der Waals surface area contributed by atoms with Crippen molar-refractivity contribution in [2.24, 2.45) is 5.73 Å². The number of anilines is 1. The van der Waals surface area contributed by atoms with E-state index in [1.807, 2.05) is 13.0 Å². The lowest BCUT2D eigenvalue weighted by Crippen LogP contribution is -2.08. The van der Waals surface area contributed by atoms with E-state index in [0.717, 1.165) is 12.2 Å². The molecule has 0 amide bonds. The summed E-state index contributed by atoms with van der Waals surface area (Å²) in [5.74, 6) is -0.177. The molecule has 0 radical (unpaired) electrons. The standard InChI is InChI=1S/C10H15FN2/c1-2-13-10-5-3-4-9(11)8(10)6-7-12/h3-5,13H,2,6-7,12H2,1H3. The van der Waals surface area contributed by atoms with Crippen molar-refractivity contribution in [2.75, 3.05) is 18.4 Å². The SMILES string of the molecule is CCNc1cccc(F)c1CCN. The van der Waals surface area contributed by atoms with Crippen LogP contribution in [0.1, 0.15) is 12.5 Å². The van der Waals surface area contributed by atoms with Crippen molar-refractivity contribution in [3.05, 3.63) is 29.6 Å². The van der Waals surface area contributed by atoms with Crippen molar-refractivity contribution < 1.29 is 4.39 Å². The Labute approximate surface area is 77.9 Å². The Kier molecular flexibility index (Phi) is 3.71. The van der Waals surface area contributed by atoms with E-state index in [2.05, 4.69) is 5.32 Å². The molecule has 0 spiro atoms. The summed E-state index contributed by atoms with van der Waals surface area (Å²) in [6.07, 6.45) is 0.578. The summed E-state index contributed by atoms with van der Waals surface area (Å²) in [4.78, 5) is 0. The van der Waals surface area contributed by atoms with Crippen LogP contribution in [0.25, 0.3) is 0 Å². The first-order valence-corrected chi connectivity index (χ1v) is 4.51. The molecule has 0 saturated carbocycles. The van der Waals surface area contributed by atoms with Crippen LogP contribution in [-0.4, -0.2) is 13.1 Å². The normalized spacial score (nSPS) is 10.1. The van der Waals surface area contributed by atoms with Crippen molar-refractivity contribution in [2.45, 2.75) is 13.3 Å². The molecule has 2 nitrogen and oxygen atoms in total. The van der Waals surface area contributed by atoms with Gasteiger partial charge in [-0.1, -0.05) is 6.07 Å². The number of nitrogens with one attached hydrogen (secondary N) is 1. The first-order valence-electron chi connectivity index (χ1n) is 4.51. The van der Waals surface area contributed by atoms with E-state index >= 15 is 0 Å². The Morgan fingerprint density at radius 2 is 2.23 bits per heavy atom. The quantitative estimate of drug-likeness (QED) is 0.744. The topological polar surface area (TPSA) is 38.0 Å². The highest BCUT2D eigenvalue weighted by Crippen LogP contribution is 2.18. The summed E-state index contributed by atoms with van der Waals surface area (Å²) >= 11 is 0. The van der Waals surface area contributed by atoms with Crippen LogP contribution < -0.4 is 11.1 Å². The third-order valence-corrected chi connectivity index (χ3v) is 1.88. The van der Waals surface area contributed by atoms with Gasteiger partial charge in [0.25, 0.3) is 0 Å². The Hall–Kier alpha value is -1.09. The molecular weight excluding hydrogens is 167 g/mol. The molecule has 0 heterocycles. The Bertz CT molecular complexity index is 274. The summed E-state index contributed by atoms with van der Waals surface area (Å²) in [7, 11) is 0. The Balaban J connectivity index is 2.95. The summed E-state index contributed by atoms with van der Waals surface area (Å²) in [5, 5.41) is 3.11. The highest BCUT2D eigenvalue weighted by atomic mass is 19.1. The molecule has 1 rings (SSSR count). The van der Waals surface area contributed by atoms with Gasteiger partial charge in [-0.2, -0.15) is 0 Å². The smallest absolute Gasteiger partial charge is 0.128 e. The van der Waals surface area contributed by atoms with Crippen LogP contribution in [0.4, 0.5) is 10.1 Å². The third-order valence-electron chi connectivity index (χ3n) is 1.88. The minimum absolute atomic E-state index is 0.177. The highest BCUT2D eigenvalue weighted by Gasteiger charge is 2.05. The second kappa shape index (κ2) is 4.82. The van der Waals surface area contributed by atoms with E-state index in [1.165, 1.54) is 6.07 Å².